The fourth-order valence-electron chi connectivity index (χ4n) is 3.21. The van der Waals surface area contributed by atoms with Crippen molar-refractivity contribution in [1.82, 2.24) is 14.9 Å². The van der Waals surface area contributed by atoms with Crippen LogP contribution in [0.25, 0.3) is 0 Å². The molecule has 1 aliphatic heterocycles. The Morgan fingerprint density at radius 1 is 1.34 bits per heavy atom. The predicted octanol–water partition coefficient (Wildman–Crippen LogP) is 3.14. The van der Waals surface area contributed by atoms with Crippen molar-refractivity contribution < 1.29 is 13.5 Å². The van der Waals surface area contributed by atoms with Crippen molar-refractivity contribution >= 4 is 17.4 Å². The largest absolute Gasteiger partial charge is 0.472 e. The highest BCUT2D eigenvalue weighted by molar-refractivity contribution is 6.30. The maximum Gasteiger partial charge on any atom is 0.272 e. The second-order valence-electron chi connectivity index (χ2n) is 6.37. The van der Waals surface area contributed by atoms with E-state index in [0.717, 1.165) is 16.7 Å². The second-order valence-corrected chi connectivity index (χ2v) is 6.73. The number of ether oxygens (including phenoxy) is 1. The maximum atomic E-state index is 12.3. The summed E-state index contributed by atoms with van der Waals surface area (Å²) in [6, 6.07) is 7.53. The lowest BCUT2D eigenvalue weighted by Gasteiger charge is -2.30. The fraction of sp³-hybridized carbons (Fsp3) is 0.368. The van der Waals surface area contributed by atoms with E-state index in [0.29, 0.717) is 37.4 Å². The average molecular weight is 419 g/mol. The van der Waals surface area contributed by atoms with Gasteiger partial charge in [-0.25, -0.2) is 18.7 Å². The van der Waals surface area contributed by atoms with Crippen molar-refractivity contribution in [3.8, 4) is 18.0 Å². The molecular weight excluding hydrogens is 402 g/mol. The lowest BCUT2D eigenvalue weighted by Crippen LogP contribution is -2.31. The number of hydrogen-bond donors (Lipinski definition) is 1. The van der Waals surface area contributed by atoms with Crippen LogP contribution >= 0.6 is 11.6 Å². The van der Waals surface area contributed by atoms with Crippen LogP contribution in [0.4, 0.5) is 14.6 Å². The van der Waals surface area contributed by atoms with Crippen molar-refractivity contribution in [3.63, 3.8) is 0 Å². The van der Waals surface area contributed by atoms with Gasteiger partial charge in [-0.05, 0) is 23.6 Å². The molecule has 0 fully saturated rings. The predicted molar refractivity (Wildman–Crippen MR) is 102 cm³/mol. The molecule has 3 heterocycles. The maximum absolute atomic E-state index is 12.3. The summed E-state index contributed by atoms with van der Waals surface area (Å²) in [7, 11) is 0. The standard InChI is InChI=1S/C19H17ClF2N6O/c20-18-14(8-24)15-10-28(6-2-13(15)19(27-18)26-5-3-23)9-12-1-4-25-17(7-12)29-11-16(21)22/h1,4,7,16H,2,5-6,9-11H2,(H,26,27). The van der Waals surface area contributed by atoms with Gasteiger partial charge >= 0.3 is 0 Å². The molecule has 1 aliphatic rings. The molecule has 0 radical (unpaired) electrons. The Bertz CT molecular complexity index is 972. The van der Waals surface area contributed by atoms with E-state index in [1.807, 2.05) is 6.07 Å². The van der Waals surface area contributed by atoms with E-state index in [9.17, 15) is 14.0 Å². The number of anilines is 1. The van der Waals surface area contributed by atoms with E-state index in [1.54, 1.807) is 12.1 Å². The topological polar surface area (TPSA) is 97.9 Å². The second kappa shape index (κ2) is 9.46. The van der Waals surface area contributed by atoms with Crippen LogP contribution < -0.4 is 10.1 Å². The van der Waals surface area contributed by atoms with Gasteiger partial charge < -0.3 is 10.1 Å². The molecule has 0 atom stereocenters. The molecule has 0 aliphatic carbocycles. The zero-order valence-corrected chi connectivity index (χ0v) is 16.1. The molecule has 1 N–H and O–H groups in total. The number of rotatable bonds is 7. The smallest absolute Gasteiger partial charge is 0.272 e. The minimum absolute atomic E-state index is 0.0871. The molecule has 7 nitrogen and oxygen atoms in total. The molecule has 0 spiro atoms. The van der Waals surface area contributed by atoms with Gasteiger partial charge in [0.1, 0.15) is 23.6 Å². The minimum atomic E-state index is -2.56. The molecule has 0 unspecified atom stereocenters. The number of fused-ring (bicyclic) bond motifs is 1. The van der Waals surface area contributed by atoms with Crippen molar-refractivity contribution in [2.75, 3.05) is 25.0 Å². The van der Waals surface area contributed by atoms with Crippen molar-refractivity contribution in [1.29, 1.82) is 10.5 Å². The third kappa shape index (κ3) is 5.08. The number of aromatic nitrogens is 2. The van der Waals surface area contributed by atoms with Crippen LogP contribution in [0.2, 0.25) is 5.15 Å². The number of alkyl halides is 2. The van der Waals surface area contributed by atoms with Crippen molar-refractivity contribution in [2.24, 2.45) is 0 Å². The lowest BCUT2D eigenvalue weighted by atomic mass is 9.96. The summed E-state index contributed by atoms with van der Waals surface area (Å²) in [6.07, 6.45) is -0.424. The molecular formula is C19H17ClF2N6O. The first-order valence-corrected chi connectivity index (χ1v) is 9.20. The van der Waals surface area contributed by atoms with Gasteiger partial charge in [0.25, 0.3) is 6.43 Å². The molecule has 0 amide bonds. The summed E-state index contributed by atoms with van der Waals surface area (Å²) in [6.45, 7) is 1.07. The molecule has 29 heavy (non-hydrogen) atoms. The van der Waals surface area contributed by atoms with Gasteiger partial charge in [-0.1, -0.05) is 11.6 Å². The van der Waals surface area contributed by atoms with Crippen molar-refractivity contribution in [2.45, 2.75) is 25.9 Å². The third-order valence-corrected chi connectivity index (χ3v) is 4.71. The number of halogens is 3. The summed E-state index contributed by atoms with van der Waals surface area (Å²) in [5.74, 6) is 0.671. The third-order valence-electron chi connectivity index (χ3n) is 4.44. The van der Waals surface area contributed by atoms with Crippen LogP contribution in [-0.2, 0) is 19.5 Å². The molecule has 3 rings (SSSR count). The van der Waals surface area contributed by atoms with Gasteiger partial charge in [0.2, 0.25) is 5.88 Å². The van der Waals surface area contributed by atoms with Crippen LogP contribution in [0.1, 0.15) is 22.3 Å². The van der Waals surface area contributed by atoms with Gasteiger partial charge in [0, 0.05) is 37.5 Å². The van der Waals surface area contributed by atoms with Crippen LogP contribution in [0.15, 0.2) is 18.3 Å². The normalized spacial score (nSPS) is 13.4. The quantitative estimate of drug-likeness (QED) is 0.544. The summed E-state index contributed by atoms with van der Waals surface area (Å²) >= 11 is 6.17. The van der Waals surface area contributed by atoms with Gasteiger partial charge in [0.15, 0.2) is 6.61 Å². The minimum Gasteiger partial charge on any atom is -0.472 e. The summed E-state index contributed by atoms with van der Waals surface area (Å²) < 4.78 is 29.6. The first-order chi connectivity index (χ1) is 14.0. The zero-order valence-electron chi connectivity index (χ0n) is 15.3. The molecule has 10 heteroatoms. The fourth-order valence-corrected chi connectivity index (χ4v) is 3.45. The Morgan fingerprint density at radius 3 is 2.90 bits per heavy atom. The number of nitriles is 2. The highest BCUT2D eigenvalue weighted by atomic mass is 35.5. The Hall–Kier alpha value is -3.01. The van der Waals surface area contributed by atoms with Crippen LogP contribution in [-0.4, -0.2) is 41.0 Å². The monoisotopic (exact) mass is 418 g/mol. The molecule has 0 aromatic carbocycles. The number of hydrogen-bond acceptors (Lipinski definition) is 7. The lowest BCUT2D eigenvalue weighted by molar-refractivity contribution is 0.0795. The Labute approximate surface area is 171 Å². The van der Waals surface area contributed by atoms with Gasteiger partial charge in [-0.15, -0.1) is 0 Å². The molecule has 150 valence electrons. The first-order valence-electron chi connectivity index (χ1n) is 8.82. The van der Waals surface area contributed by atoms with E-state index < -0.39 is 13.0 Å². The van der Waals surface area contributed by atoms with Crippen LogP contribution in [0.5, 0.6) is 5.88 Å². The highest BCUT2D eigenvalue weighted by Gasteiger charge is 2.25. The number of nitrogens with zero attached hydrogens (tertiary/aromatic N) is 5. The van der Waals surface area contributed by atoms with E-state index in [4.69, 9.17) is 21.6 Å². The summed E-state index contributed by atoms with van der Waals surface area (Å²) in [4.78, 5) is 10.3. The van der Waals surface area contributed by atoms with E-state index in [1.165, 1.54) is 6.20 Å². The Kier molecular flexibility index (Phi) is 6.76. The first kappa shape index (κ1) is 20.7. The van der Waals surface area contributed by atoms with Gasteiger partial charge in [-0.2, -0.15) is 10.5 Å². The van der Waals surface area contributed by atoms with E-state index in [-0.39, 0.29) is 17.6 Å². The zero-order chi connectivity index (χ0) is 20.8. The molecule has 0 saturated heterocycles. The summed E-state index contributed by atoms with van der Waals surface area (Å²) in [5, 5.41) is 21.4. The molecule has 0 saturated carbocycles. The molecule has 2 aromatic heterocycles. The highest BCUT2D eigenvalue weighted by Crippen LogP contribution is 2.32. The SMILES string of the molecule is N#CCNc1nc(Cl)c(C#N)c2c1CCN(Cc1ccnc(OCC(F)F)c1)C2. The Morgan fingerprint density at radius 2 is 2.17 bits per heavy atom. The van der Waals surface area contributed by atoms with Gasteiger partial charge in [-0.3, -0.25) is 4.90 Å². The average Bonchev–Trinajstić information content (AvgIpc) is 2.70. The summed E-state index contributed by atoms with van der Waals surface area (Å²) in [5.41, 5.74) is 2.84. The van der Waals surface area contributed by atoms with Crippen LogP contribution in [0, 0.1) is 22.7 Å². The molecule has 2 aromatic rings. The van der Waals surface area contributed by atoms with Gasteiger partial charge in [0.05, 0.1) is 11.6 Å². The van der Waals surface area contributed by atoms with Crippen molar-refractivity contribution in [3.05, 3.63) is 45.7 Å². The van der Waals surface area contributed by atoms with E-state index in [2.05, 4.69) is 26.3 Å². The van der Waals surface area contributed by atoms with Crippen LogP contribution in [0.3, 0.4) is 0 Å². The number of pyridine rings is 2. The number of nitrogens with one attached hydrogen (secondary N) is 1. The molecule has 0 bridgehead atoms. The van der Waals surface area contributed by atoms with E-state index >= 15 is 0 Å². The Balaban J connectivity index is 1.79.